The number of nitrogens with two attached hydrogens (primary N) is 1. The maximum absolute atomic E-state index is 12.6. The highest BCUT2D eigenvalue weighted by Crippen LogP contribution is 2.28. The summed E-state index contributed by atoms with van der Waals surface area (Å²) in [6.07, 6.45) is 2.17. The van der Waals surface area contributed by atoms with E-state index in [0.29, 0.717) is 19.5 Å². The van der Waals surface area contributed by atoms with Gasteiger partial charge in [0.15, 0.2) is 0 Å². The first kappa shape index (κ1) is 18.9. The Balaban J connectivity index is 5.22. The van der Waals surface area contributed by atoms with Crippen LogP contribution in [-0.4, -0.2) is 37.1 Å². The minimum Gasteiger partial charge on any atom is -0.329 e. The molecule has 0 unspecified atom stereocenters. The predicted molar refractivity (Wildman–Crippen MR) is 82.6 cm³/mol. The average molecular weight is 292 g/mol. The SMILES string of the molecule is CCN(C(CC)(CC)CN)S(=O)(=O)CCC(C)(C)C. The van der Waals surface area contributed by atoms with E-state index in [1.54, 1.807) is 4.31 Å². The Hall–Kier alpha value is -0.130. The van der Waals surface area contributed by atoms with E-state index in [9.17, 15) is 8.42 Å². The summed E-state index contributed by atoms with van der Waals surface area (Å²) in [5.41, 5.74) is 5.48. The topological polar surface area (TPSA) is 63.4 Å². The Morgan fingerprint density at radius 1 is 1.05 bits per heavy atom. The van der Waals surface area contributed by atoms with Gasteiger partial charge in [-0.25, -0.2) is 8.42 Å². The second-order valence-electron chi connectivity index (χ2n) is 6.43. The molecule has 0 aliphatic carbocycles. The zero-order valence-corrected chi connectivity index (χ0v) is 14.3. The Morgan fingerprint density at radius 2 is 1.53 bits per heavy atom. The molecule has 0 bridgehead atoms. The van der Waals surface area contributed by atoms with Crippen LogP contribution in [0.25, 0.3) is 0 Å². The number of sulfonamides is 1. The molecule has 0 amide bonds. The molecule has 0 aromatic heterocycles. The summed E-state index contributed by atoms with van der Waals surface area (Å²) in [4.78, 5) is 0. The molecule has 19 heavy (non-hydrogen) atoms. The van der Waals surface area contributed by atoms with Crippen LogP contribution in [0.3, 0.4) is 0 Å². The third-order valence-corrected chi connectivity index (χ3v) is 6.00. The van der Waals surface area contributed by atoms with Crippen molar-refractivity contribution >= 4 is 10.0 Å². The number of rotatable bonds is 8. The van der Waals surface area contributed by atoms with Crippen LogP contribution >= 0.6 is 0 Å². The Morgan fingerprint density at radius 3 is 1.79 bits per heavy atom. The van der Waals surface area contributed by atoms with E-state index in [1.165, 1.54) is 0 Å². The van der Waals surface area contributed by atoms with E-state index in [4.69, 9.17) is 5.73 Å². The highest BCUT2D eigenvalue weighted by Gasteiger charge is 2.39. The minimum atomic E-state index is -3.25. The van der Waals surface area contributed by atoms with Crippen molar-refractivity contribution in [3.63, 3.8) is 0 Å². The third-order valence-electron chi connectivity index (χ3n) is 3.96. The monoisotopic (exact) mass is 292 g/mol. The zero-order valence-electron chi connectivity index (χ0n) is 13.5. The Kier molecular flexibility index (Phi) is 7.00. The van der Waals surface area contributed by atoms with Gasteiger partial charge in [0.2, 0.25) is 10.0 Å². The van der Waals surface area contributed by atoms with Gasteiger partial charge >= 0.3 is 0 Å². The van der Waals surface area contributed by atoms with E-state index >= 15 is 0 Å². The second kappa shape index (κ2) is 7.04. The van der Waals surface area contributed by atoms with Crippen molar-refractivity contribution in [2.45, 2.75) is 66.3 Å². The fourth-order valence-electron chi connectivity index (χ4n) is 2.37. The lowest BCUT2D eigenvalue weighted by atomic mass is 9.93. The summed E-state index contributed by atoms with van der Waals surface area (Å²) in [5, 5.41) is 0. The van der Waals surface area contributed by atoms with Gasteiger partial charge in [-0.15, -0.1) is 0 Å². The van der Waals surface area contributed by atoms with Gasteiger partial charge in [-0.3, -0.25) is 0 Å². The van der Waals surface area contributed by atoms with Crippen LogP contribution in [0.2, 0.25) is 0 Å². The van der Waals surface area contributed by atoms with Crippen LogP contribution in [0.5, 0.6) is 0 Å². The summed E-state index contributed by atoms with van der Waals surface area (Å²) in [6.45, 7) is 13.0. The maximum Gasteiger partial charge on any atom is 0.214 e. The molecule has 0 aliphatic heterocycles. The molecule has 0 fully saturated rings. The first-order valence-electron chi connectivity index (χ1n) is 7.29. The molecule has 5 heteroatoms. The lowest BCUT2D eigenvalue weighted by Crippen LogP contribution is -2.56. The minimum absolute atomic E-state index is 0.0241. The fourth-order valence-corrected chi connectivity index (χ4v) is 4.77. The molecule has 0 saturated carbocycles. The zero-order chi connectivity index (χ0) is 15.3. The third kappa shape index (κ3) is 5.04. The summed E-state index contributed by atoms with van der Waals surface area (Å²) >= 11 is 0. The van der Waals surface area contributed by atoms with E-state index < -0.39 is 15.6 Å². The molecule has 116 valence electrons. The van der Waals surface area contributed by atoms with Gasteiger partial charge in [0.25, 0.3) is 0 Å². The van der Waals surface area contributed by atoms with Crippen molar-refractivity contribution < 1.29 is 8.42 Å². The van der Waals surface area contributed by atoms with E-state index in [-0.39, 0.29) is 11.2 Å². The van der Waals surface area contributed by atoms with Gasteiger partial charge in [-0.2, -0.15) is 4.31 Å². The van der Waals surface area contributed by atoms with Crippen molar-refractivity contribution in [2.24, 2.45) is 11.1 Å². The summed E-state index contributed by atoms with van der Waals surface area (Å²) < 4.78 is 26.8. The molecule has 2 N–H and O–H groups in total. The van der Waals surface area contributed by atoms with Crippen molar-refractivity contribution in [3.8, 4) is 0 Å². The standard InChI is InChI=1S/C14H32N2O2S/c1-7-14(8-2,12-15)16(9-3)19(17,18)11-10-13(4,5)6/h7-12,15H2,1-6H3. The molecular weight excluding hydrogens is 260 g/mol. The van der Waals surface area contributed by atoms with Crippen LogP contribution < -0.4 is 5.73 Å². The Labute approximate surface area is 119 Å². The maximum atomic E-state index is 12.6. The molecular formula is C14H32N2O2S. The van der Waals surface area contributed by atoms with Gasteiger partial charge in [0, 0.05) is 18.6 Å². The molecule has 0 saturated heterocycles. The number of hydrogen-bond donors (Lipinski definition) is 1. The molecule has 0 aromatic rings. The van der Waals surface area contributed by atoms with Gasteiger partial charge in [0.05, 0.1) is 5.75 Å². The average Bonchev–Trinajstić information content (AvgIpc) is 2.33. The molecule has 0 heterocycles. The predicted octanol–water partition coefficient (Wildman–Crippen LogP) is 2.59. The molecule has 4 nitrogen and oxygen atoms in total. The normalized spacial score (nSPS) is 14.1. The number of nitrogens with zero attached hydrogens (tertiary/aromatic N) is 1. The number of likely N-dealkylation sites (N-methyl/N-ethyl adjacent to an activating group) is 1. The van der Waals surface area contributed by atoms with Gasteiger partial charge in [-0.05, 0) is 24.7 Å². The first-order chi connectivity index (χ1) is 8.58. The van der Waals surface area contributed by atoms with Crippen molar-refractivity contribution in [3.05, 3.63) is 0 Å². The molecule has 0 spiro atoms. The highest BCUT2D eigenvalue weighted by atomic mass is 32.2. The van der Waals surface area contributed by atoms with Crippen LogP contribution in [0, 0.1) is 5.41 Å². The quantitative estimate of drug-likeness (QED) is 0.748. The fraction of sp³-hybridized carbons (Fsp3) is 1.00. The van der Waals surface area contributed by atoms with Crippen LogP contribution in [-0.2, 0) is 10.0 Å². The van der Waals surface area contributed by atoms with Crippen molar-refractivity contribution in [2.75, 3.05) is 18.8 Å². The summed E-state index contributed by atoms with van der Waals surface area (Å²) in [7, 11) is -3.25. The lowest BCUT2D eigenvalue weighted by molar-refractivity contribution is 0.183. The van der Waals surface area contributed by atoms with Gasteiger partial charge in [0.1, 0.15) is 0 Å². The van der Waals surface area contributed by atoms with E-state index in [1.807, 2.05) is 20.8 Å². The number of hydrogen-bond acceptors (Lipinski definition) is 3. The summed E-state index contributed by atoms with van der Waals surface area (Å²) in [5.74, 6) is 0.200. The molecule has 0 aromatic carbocycles. The smallest absolute Gasteiger partial charge is 0.214 e. The highest BCUT2D eigenvalue weighted by molar-refractivity contribution is 7.89. The molecule has 0 rings (SSSR count). The van der Waals surface area contributed by atoms with E-state index in [0.717, 1.165) is 12.8 Å². The van der Waals surface area contributed by atoms with Crippen molar-refractivity contribution in [1.29, 1.82) is 0 Å². The van der Waals surface area contributed by atoms with Crippen LogP contribution in [0.1, 0.15) is 60.8 Å². The van der Waals surface area contributed by atoms with Crippen LogP contribution in [0.15, 0.2) is 0 Å². The van der Waals surface area contributed by atoms with Crippen LogP contribution in [0.4, 0.5) is 0 Å². The second-order valence-corrected chi connectivity index (χ2v) is 8.44. The van der Waals surface area contributed by atoms with Gasteiger partial charge in [-0.1, -0.05) is 41.5 Å². The Bertz CT molecular complexity index is 346. The first-order valence-corrected chi connectivity index (χ1v) is 8.90. The molecule has 0 radical (unpaired) electrons. The van der Waals surface area contributed by atoms with Crippen molar-refractivity contribution in [1.82, 2.24) is 4.31 Å². The van der Waals surface area contributed by atoms with Gasteiger partial charge < -0.3 is 5.73 Å². The lowest BCUT2D eigenvalue weighted by Gasteiger charge is -2.41. The van der Waals surface area contributed by atoms with E-state index in [2.05, 4.69) is 20.8 Å². The largest absolute Gasteiger partial charge is 0.329 e. The molecule has 0 aliphatic rings. The molecule has 0 atom stereocenters. The summed E-state index contributed by atoms with van der Waals surface area (Å²) in [6, 6.07) is 0.